The zero-order valence-electron chi connectivity index (χ0n) is 15.4. The molecule has 0 unspecified atom stereocenters. The van der Waals surface area contributed by atoms with Crippen molar-refractivity contribution < 1.29 is 18.8 Å². The molecule has 2 aromatic rings. The van der Waals surface area contributed by atoms with Crippen LogP contribution in [0.25, 0.3) is 0 Å². The lowest BCUT2D eigenvalue weighted by Gasteiger charge is -2.26. The Hall–Kier alpha value is -2.74. The van der Waals surface area contributed by atoms with Crippen LogP contribution in [0.2, 0.25) is 0 Å². The lowest BCUT2D eigenvalue weighted by molar-refractivity contribution is -0.134. The summed E-state index contributed by atoms with van der Waals surface area (Å²) >= 11 is 0. The highest BCUT2D eigenvalue weighted by Crippen LogP contribution is 2.07. The van der Waals surface area contributed by atoms with E-state index in [9.17, 15) is 9.59 Å². The molecule has 1 fully saturated rings. The van der Waals surface area contributed by atoms with Gasteiger partial charge in [0.1, 0.15) is 0 Å². The Kier molecular flexibility index (Phi) is 6.54. The van der Waals surface area contributed by atoms with E-state index in [-0.39, 0.29) is 30.1 Å². The molecule has 27 heavy (non-hydrogen) atoms. The normalized spacial score (nSPS) is 15.4. The molecule has 2 heterocycles. The molecular formula is C19H24N4O4. The fourth-order valence-corrected chi connectivity index (χ4v) is 2.86. The minimum absolute atomic E-state index is 0.0142. The maximum absolute atomic E-state index is 12.2. The molecule has 0 radical (unpaired) electrons. The van der Waals surface area contributed by atoms with Gasteiger partial charge in [0.05, 0.1) is 19.6 Å². The standard InChI is InChI=1S/C19H24N4O4/c1-14(7-8-15-5-3-2-4-6-15)20-18(25)19-21-16(22-27-19)13-17(24)23-9-11-26-12-10-23/h2-6,14H,7-13H2,1H3,(H,20,25)/t14-/m0/s1. The Balaban J connectivity index is 1.46. The number of ether oxygens (including phenoxy) is 1. The first-order chi connectivity index (χ1) is 13.1. The van der Waals surface area contributed by atoms with Gasteiger partial charge in [0.15, 0.2) is 5.82 Å². The van der Waals surface area contributed by atoms with Gasteiger partial charge in [0.25, 0.3) is 0 Å². The van der Waals surface area contributed by atoms with Gasteiger partial charge in [-0.1, -0.05) is 35.5 Å². The number of morpholine rings is 1. The van der Waals surface area contributed by atoms with Crippen molar-refractivity contribution in [1.82, 2.24) is 20.4 Å². The van der Waals surface area contributed by atoms with Crippen LogP contribution in [-0.2, 0) is 22.4 Å². The molecule has 0 bridgehead atoms. The van der Waals surface area contributed by atoms with Crippen LogP contribution >= 0.6 is 0 Å². The monoisotopic (exact) mass is 372 g/mol. The lowest BCUT2D eigenvalue weighted by atomic mass is 10.1. The predicted molar refractivity (Wildman–Crippen MR) is 97.1 cm³/mol. The lowest BCUT2D eigenvalue weighted by Crippen LogP contribution is -2.41. The smallest absolute Gasteiger partial charge is 0.315 e. The molecule has 3 rings (SSSR count). The summed E-state index contributed by atoms with van der Waals surface area (Å²) in [5, 5.41) is 6.60. The number of amides is 2. The highest BCUT2D eigenvalue weighted by atomic mass is 16.5. The van der Waals surface area contributed by atoms with E-state index in [2.05, 4.69) is 27.6 Å². The van der Waals surface area contributed by atoms with Gasteiger partial charge < -0.3 is 19.5 Å². The van der Waals surface area contributed by atoms with Crippen molar-refractivity contribution in [2.24, 2.45) is 0 Å². The molecule has 144 valence electrons. The number of aryl methyl sites for hydroxylation is 1. The molecule has 0 spiro atoms. The molecule has 1 atom stereocenters. The predicted octanol–water partition coefficient (Wildman–Crippen LogP) is 1.22. The average molecular weight is 372 g/mol. The molecule has 8 heteroatoms. The summed E-state index contributed by atoms with van der Waals surface area (Å²) in [5.41, 5.74) is 1.22. The molecule has 8 nitrogen and oxygen atoms in total. The number of benzene rings is 1. The van der Waals surface area contributed by atoms with Crippen molar-refractivity contribution in [2.75, 3.05) is 26.3 Å². The van der Waals surface area contributed by atoms with Gasteiger partial charge in [0, 0.05) is 19.1 Å². The number of hydrogen-bond acceptors (Lipinski definition) is 6. The van der Waals surface area contributed by atoms with Crippen molar-refractivity contribution in [3.8, 4) is 0 Å². The maximum atomic E-state index is 12.2. The van der Waals surface area contributed by atoms with Crippen molar-refractivity contribution >= 4 is 11.8 Å². The van der Waals surface area contributed by atoms with E-state index < -0.39 is 5.91 Å². The third-order valence-electron chi connectivity index (χ3n) is 4.42. The summed E-state index contributed by atoms with van der Waals surface area (Å²) in [4.78, 5) is 30.2. The summed E-state index contributed by atoms with van der Waals surface area (Å²) in [6.07, 6.45) is 1.68. The Labute approximate surface area is 157 Å². The van der Waals surface area contributed by atoms with Crippen molar-refractivity contribution in [1.29, 1.82) is 0 Å². The van der Waals surface area contributed by atoms with E-state index in [1.54, 1.807) is 4.90 Å². The van der Waals surface area contributed by atoms with E-state index in [0.717, 1.165) is 12.8 Å². The maximum Gasteiger partial charge on any atom is 0.315 e. The second-order valence-corrected chi connectivity index (χ2v) is 6.58. The topological polar surface area (TPSA) is 97.6 Å². The van der Waals surface area contributed by atoms with Crippen molar-refractivity contribution in [3.63, 3.8) is 0 Å². The first kappa shape index (κ1) is 19.0. The van der Waals surface area contributed by atoms with Crippen LogP contribution in [-0.4, -0.2) is 59.2 Å². The van der Waals surface area contributed by atoms with Crippen LogP contribution in [0.5, 0.6) is 0 Å². The van der Waals surface area contributed by atoms with Gasteiger partial charge in [-0.15, -0.1) is 0 Å². The molecule has 1 aromatic heterocycles. The van der Waals surface area contributed by atoms with E-state index in [1.165, 1.54) is 5.56 Å². The molecule has 1 N–H and O–H groups in total. The minimum Gasteiger partial charge on any atom is -0.378 e. The second kappa shape index (κ2) is 9.27. The Bertz CT molecular complexity index is 756. The van der Waals surface area contributed by atoms with Gasteiger partial charge in [-0.25, -0.2) is 0 Å². The molecule has 1 saturated heterocycles. The second-order valence-electron chi connectivity index (χ2n) is 6.58. The summed E-state index contributed by atoms with van der Waals surface area (Å²) < 4.78 is 10.2. The molecule has 0 saturated carbocycles. The molecule has 1 aliphatic rings. The third-order valence-corrected chi connectivity index (χ3v) is 4.42. The van der Waals surface area contributed by atoms with Crippen LogP contribution in [0, 0.1) is 0 Å². The number of aromatic nitrogens is 2. The summed E-state index contributed by atoms with van der Waals surface area (Å²) in [7, 11) is 0. The van der Waals surface area contributed by atoms with E-state index >= 15 is 0 Å². The zero-order valence-corrected chi connectivity index (χ0v) is 15.4. The average Bonchev–Trinajstić information content (AvgIpc) is 3.16. The quantitative estimate of drug-likeness (QED) is 0.785. The van der Waals surface area contributed by atoms with Crippen LogP contribution in [0.3, 0.4) is 0 Å². The van der Waals surface area contributed by atoms with Gasteiger partial charge in [-0.2, -0.15) is 4.98 Å². The van der Waals surface area contributed by atoms with Gasteiger partial charge >= 0.3 is 11.8 Å². The van der Waals surface area contributed by atoms with Crippen LogP contribution in [0.4, 0.5) is 0 Å². The molecule has 1 aromatic carbocycles. The van der Waals surface area contributed by atoms with Crippen molar-refractivity contribution in [3.05, 3.63) is 47.6 Å². The van der Waals surface area contributed by atoms with E-state index in [1.807, 2.05) is 25.1 Å². The van der Waals surface area contributed by atoms with Gasteiger partial charge in [0.2, 0.25) is 5.91 Å². The first-order valence-corrected chi connectivity index (χ1v) is 9.14. The largest absolute Gasteiger partial charge is 0.378 e. The fraction of sp³-hybridized carbons (Fsp3) is 0.474. The van der Waals surface area contributed by atoms with E-state index in [4.69, 9.17) is 9.26 Å². The van der Waals surface area contributed by atoms with Gasteiger partial charge in [-0.05, 0) is 25.3 Å². The summed E-state index contributed by atoms with van der Waals surface area (Å²) in [6.45, 7) is 4.12. The van der Waals surface area contributed by atoms with Crippen molar-refractivity contribution in [2.45, 2.75) is 32.2 Å². The van der Waals surface area contributed by atoms with E-state index in [0.29, 0.717) is 26.3 Å². The number of hydrogen-bond donors (Lipinski definition) is 1. The number of carbonyl (C=O) groups is 2. The number of rotatable bonds is 7. The zero-order chi connectivity index (χ0) is 19.1. The number of nitrogens with zero attached hydrogens (tertiary/aromatic N) is 3. The third kappa shape index (κ3) is 5.62. The Morgan fingerprint density at radius 2 is 1.96 bits per heavy atom. The fourth-order valence-electron chi connectivity index (χ4n) is 2.86. The summed E-state index contributed by atoms with van der Waals surface area (Å²) in [5.74, 6) is -0.421. The molecule has 2 amide bonds. The molecule has 1 aliphatic heterocycles. The van der Waals surface area contributed by atoms with Crippen LogP contribution in [0.1, 0.15) is 35.4 Å². The molecular weight excluding hydrogens is 348 g/mol. The number of nitrogens with one attached hydrogen (secondary N) is 1. The first-order valence-electron chi connectivity index (χ1n) is 9.14. The SMILES string of the molecule is C[C@@H](CCc1ccccc1)NC(=O)c1nc(CC(=O)N2CCOCC2)no1. The van der Waals surface area contributed by atoms with Crippen LogP contribution < -0.4 is 5.32 Å². The summed E-state index contributed by atoms with van der Waals surface area (Å²) in [6, 6.07) is 10.1. The Morgan fingerprint density at radius 1 is 1.22 bits per heavy atom. The van der Waals surface area contributed by atoms with Crippen LogP contribution in [0.15, 0.2) is 34.9 Å². The minimum atomic E-state index is -0.423. The highest BCUT2D eigenvalue weighted by Gasteiger charge is 2.22. The number of carbonyl (C=O) groups excluding carboxylic acids is 2. The Morgan fingerprint density at radius 3 is 2.70 bits per heavy atom. The van der Waals surface area contributed by atoms with Gasteiger partial charge in [-0.3, -0.25) is 9.59 Å². The molecule has 0 aliphatic carbocycles. The highest BCUT2D eigenvalue weighted by molar-refractivity contribution is 5.89.